The van der Waals surface area contributed by atoms with Crippen molar-refractivity contribution in [2.24, 2.45) is 10.7 Å². The highest BCUT2D eigenvalue weighted by atomic mass is 19.1. The largest absolute Gasteiger partial charge is 0.457 e. The van der Waals surface area contributed by atoms with Crippen LogP contribution >= 0.6 is 0 Å². The van der Waals surface area contributed by atoms with Crippen molar-refractivity contribution >= 4 is 5.96 Å². The molecule has 0 aliphatic carbocycles. The van der Waals surface area contributed by atoms with Gasteiger partial charge in [-0.05, 0) is 42.0 Å². The Morgan fingerprint density at radius 2 is 1.70 bits per heavy atom. The minimum atomic E-state index is -0.290. The van der Waals surface area contributed by atoms with Gasteiger partial charge in [0.2, 0.25) is 0 Å². The topological polar surface area (TPSA) is 68.9 Å². The molecule has 0 fully saturated rings. The lowest BCUT2D eigenvalue weighted by atomic mass is 10.2. The van der Waals surface area contributed by atoms with Crippen LogP contribution in [0, 0.1) is 5.82 Å². The number of methoxy groups -OCH3 is 1. The van der Waals surface area contributed by atoms with E-state index in [0.717, 1.165) is 5.56 Å². The van der Waals surface area contributed by atoms with Gasteiger partial charge >= 0.3 is 0 Å². The fourth-order valence-corrected chi connectivity index (χ4v) is 1.82. The van der Waals surface area contributed by atoms with Gasteiger partial charge in [-0.15, -0.1) is 0 Å². The molecule has 122 valence electrons. The van der Waals surface area contributed by atoms with E-state index in [0.29, 0.717) is 37.2 Å². The molecule has 6 heteroatoms. The molecule has 0 amide bonds. The van der Waals surface area contributed by atoms with Crippen molar-refractivity contribution < 1.29 is 13.9 Å². The van der Waals surface area contributed by atoms with Gasteiger partial charge in [-0.3, -0.25) is 0 Å². The maximum Gasteiger partial charge on any atom is 0.188 e. The Balaban J connectivity index is 1.86. The van der Waals surface area contributed by atoms with Crippen LogP contribution in [0.3, 0.4) is 0 Å². The van der Waals surface area contributed by atoms with Crippen LogP contribution in [0.25, 0.3) is 0 Å². The van der Waals surface area contributed by atoms with Crippen molar-refractivity contribution in [2.45, 2.75) is 6.54 Å². The van der Waals surface area contributed by atoms with Gasteiger partial charge in [-0.2, -0.15) is 0 Å². The average molecular weight is 317 g/mol. The number of hydrogen-bond acceptors (Lipinski definition) is 3. The lowest BCUT2D eigenvalue weighted by Crippen LogP contribution is -2.34. The Kier molecular flexibility index (Phi) is 6.38. The summed E-state index contributed by atoms with van der Waals surface area (Å²) in [7, 11) is 1.63. The SMILES string of the molecule is COCCNC(N)=NCc1ccc(Oc2ccc(F)cc2)cc1. The molecule has 0 saturated heterocycles. The summed E-state index contributed by atoms with van der Waals surface area (Å²) < 4.78 is 23.4. The molecule has 2 rings (SSSR count). The molecule has 0 atom stereocenters. The summed E-state index contributed by atoms with van der Waals surface area (Å²) in [5, 5.41) is 2.95. The number of guanidine groups is 1. The Bertz CT molecular complexity index is 627. The van der Waals surface area contributed by atoms with Crippen LogP contribution in [0.5, 0.6) is 11.5 Å². The van der Waals surface area contributed by atoms with E-state index < -0.39 is 0 Å². The maximum absolute atomic E-state index is 12.8. The van der Waals surface area contributed by atoms with E-state index in [1.54, 1.807) is 19.2 Å². The second-order valence-corrected chi connectivity index (χ2v) is 4.82. The molecular formula is C17H20FN3O2. The number of nitrogens with zero attached hydrogens (tertiary/aromatic N) is 1. The average Bonchev–Trinajstić information content (AvgIpc) is 2.57. The van der Waals surface area contributed by atoms with Crippen molar-refractivity contribution in [3.8, 4) is 11.5 Å². The Morgan fingerprint density at radius 3 is 2.30 bits per heavy atom. The normalized spacial score (nSPS) is 11.3. The van der Waals surface area contributed by atoms with E-state index in [-0.39, 0.29) is 5.82 Å². The van der Waals surface area contributed by atoms with Crippen LogP contribution in [-0.4, -0.2) is 26.2 Å². The van der Waals surface area contributed by atoms with Gasteiger partial charge in [0.05, 0.1) is 13.2 Å². The molecule has 0 aliphatic heterocycles. The third kappa shape index (κ3) is 5.96. The van der Waals surface area contributed by atoms with Crippen molar-refractivity contribution in [1.29, 1.82) is 0 Å². The minimum Gasteiger partial charge on any atom is -0.457 e. The van der Waals surface area contributed by atoms with Crippen LogP contribution in [0.15, 0.2) is 53.5 Å². The lowest BCUT2D eigenvalue weighted by Gasteiger charge is -2.07. The molecule has 3 N–H and O–H groups in total. The highest BCUT2D eigenvalue weighted by Crippen LogP contribution is 2.21. The first-order chi connectivity index (χ1) is 11.2. The molecule has 0 bridgehead atoms. The summed E-state index contributed by atoms with van der Waals surface area (Å²) in [4.78, 5) is 4.23. The van der Waals surface area contributed by atoms with E-state index in [1.807, 2.05) is 24.3 Å². The standard InChI is InChI=1S/C17H20FN3O2/c1-22-11-10-20-17(19)21-12-13-2-6-15(7-3-13)23-16-8-4-14(18)5-9-16/h2-9H,10-12H2,1H3,(H3,19,20,21). The molecule has 0 aromatic heterocycles. The number of benzene rings is 2. The highest BCUT2D eigenvalue weighted by Gasteiger charge is 1.99. The first kappa shape index (κ1) is 16.8. The molecule has 0 saturated carbocycles. The zero-order chi connectivity index (χ0) is 16.5. The van der Waals surface area contributed by atoms with Gasteiger partial charge in [-0.25, -0.2) is 9.38 Å². The molecule has 0 aliphatic rings. The summed E-state index contributed by atoms with van der Waals surface area (Å²) in [5.74, 6) is 1.36. The third-order valence-electron chi connectivity index (χ3n) is 3.02. The first-order valence-corrected chi connectivity index (χ1v) is 7.22. The fraction of sp³-hybridized carbons (Fsp3) is 0.235. The lowest BCUT2D eigenvalue weighted by molar-refractivity contribution is 0.204. The number of ether oxygens (including phenoxy) is 2. The number of rotatable bonds is 7. The van der Waals surface area contributed by atoms with Crippen molar-refractivity contribution in [3.05, 3.63) is 59.9 Å². The monoisotopic (exact) mass is 317 g/mol. The molecular weight excluding hydrogens is 297 g/mol. The van der Waals surface area contributed by atoms with Crippen LogP contribution < -0.4 is 15.8 Å². The van der Waals surface area contributed by atoms with E-state index >= 15 is 0 Å². The maximum atomic E-state index is 12.8. The quantitative estimate of drug-likeness (QED) is 0.468. The van der Waals surface area contributed by atoms with Gasteiger partial charge in [0.15, 0.2) is 5.96 Å². The van der Waals surface area contributed by atoms with E-state index in [2.05, 4.69) is 10.3 Å². The first-order valence-electron chi connectivity index (χ1n) is 7.22. The van der Waals surface area contributed by atoms with E-state index in [9.17, 15) is 4.39 Å². The van der Waals surface area contributed by atoms with Gasteiger partial charge in [0, 0.05) is 13.7 Å². The zero-order valence-electron chi connectivity index (χ0n) is 13.0. The number of hydrogen-bond donors (Lipinski definition) is 2. The highest BCUT2D eigenvalue weighted by molar-refractivity contribution is 5.77. The smallest absolute Gasteiger partial charge is 0.188 e. The number of nitrogens with two attached hydrogens (primary N) is 1. The van der Waals surface area contributed by atoms with Gasteiger partial charge in [0.1, 0.15) is 17.3 Å². The molecule has 2 aromatic carbocycles. The molecule has 0 radical (unpaired) electrons. The molecule has 0 heterocycles. The predicted octanol–water partition coefficient (Wildman–Crippen LogP) is 2.67. The van der Waals surface area contributed by atoms with Crippen LogP contribution in [0.1, 0.15) is 5.56 Å². The zero-order valence-corrected chi connectivity index (χ0v) is 13.0. The number of halogens is 1. The predicted molar refractivity (Wildman–Crippen MR) is 88.1 cm³/mol. The van der Waals surface area contributed by atoms with Gasteiger partial charge < -0.3 is 20.5 Å². The van der Waals surface area contributed by atoms with Crippen LogP contribution in [0.2, 0.25) is 0 Å². The Morgan fingerprint density at radius 1 is 1.09 bits per heavy atom. The number of aliphatic imine (C=N–C) groups is 1. The summed E-state index contributed by atoms with van der Waals surface area (Å²) >= 11 is 0. The van der Waals surface area contributed by atoms with Crippen LogP contribution in [0.4, 0.5) is 4.39 Å². The van der Waals surface area contributed by atoms with E-state index in [4.69, 9.17) is 15.2 Å². The van der Waals surface area contributed by atoms with Gasteiger partial charge in [0.25, 0.3) is 0 Å². The third-order valence-corrected chi connectivity index (χ3v) is 3.02. The minimum absolute atomic E-state index is 0.290. The summed E-state index contributed by atoms with van der Waals surface area (Å²) in [5.41, 5.74) is 6.74. The second-order valence-electron chi connectivity index (χ2n) is 4.82. The molecule has 0 unspecified atom stereocenters. The summed E-state index contributed by atoms with van der Waals surface area (Å²) in [6.07, 6.45) is 0. The van der Waals surface area contributed by atoms with Crippen LogP contribution in [-0.2, 0) is 11.3 Å². The second kappa shape index (κ2) is 8.75. The Labute approximate surface area is 134 Å². The van der Waals surface area contributed by atoms with Crippen molar-refractivity contribution in [1.82, 2.24) is 5.32 Å². The molecule has 0 spiro atoms. The molecule has 23 heavy (non-hydrogen) atoms. The summed E-state index contributed by atoms with van der Waals surface area (Å²) in [6, 6.07) is 13.4. The van der Waals surface area contributed by atoms with E-state index in [1.165, 1.54) is 12.1 Å². The number of nitrogens with one attached hydrogen (secondary N) is 1. The van der Waals surface area contributed by atoms with Crippen molar-refractivity contribution in [2.75, 3.05) is 20.3 Å². The Hall–Kier alpha value is -2.60. The van der Waals surface area contributed by atoms with Crippen molar-refractivity contribution in [3.63, 3.8) is 0 Å². The fourth-order valence-electron chi connectivity index (χ4n) is 1.82. The molecule has 5 nitrogen and oxygen atoms in total. The summed E-state index contributed by atoms with van der Waals surface area (Å²) in [6.45, 7) is 1.67. The molecule has 2 aromatic rings. The van der Waals surface area contributed by atoms with Gasteiger partial charge in [-0.1, -0.05) is 12.1 Å².